The van der Waals surface area contributed by atoms with Crippen LogP contribution in [0.25, 0.3) is 10.4 Å². The first-order chi connectivity index (χ1) is 12.2. The molecule has 1 aromatic carbocycles. The van der Waals surface area contributed by atoms with E-state index < -0.39 is 5.97 Å². The van der Waals surface area contributed by atoms with E-state index in [0.29, 0.717) is 17.7 Å². The summed E-state index contributed by atoms with van der Waals surface area (Å²) in [7, 11) is 3.95. The zero-order valence-corrected chi connectivity index (χ0v) is 16.5. The van der Waals surface area contributed by atoms with Crippen LogP contribution in [0.2, 0.25) is 0 Å². The number of carboxylic acid groups (broad SMARTS) is 1. The van der Waals surface area contributed by atoms with Crippen molar-refractivity contribution in [2.75, 3.05) is 14.1 Å². The van der Waals surface area contributed by atoms with Crippen LogP contribution in [0, 0.1) is 16.7 Å². The number of carbonyl (C=O) groups is 1. The number of benzene rings is 1. The fraction of sp³-hybridized carbons (Fsp3) is 0.429. The summed E-state index contributed by atoms with van der Waals surface area (Å²) in [5.74, 6) is -0.852. The SMILES string of the molecule is CN(C)Cc1cc(C#N)ccc1-c1sc2c(c1C(=O)O)CC(C)(C)CC2. The highest BCUT2D eigenvalue weighted by atomic mass is 32.1. The van der Waals surface area contributed by atoms with E-state index in [1.165, 1.54) is 4.88 Å². The molecule has 4 nitrogen and oxygen atoms in total. The van der Waals surface area contributed by atoms with Crippen molar-refractivity contribution >= 4 is 17.3 Å². The molecule has 0 aliphatic heterocycles. The molecule has 0 spiro atoms. The summed E-state index contributed by atoms with van der Waals surface area (Å²) in [5.41, 5.74) is 4.13. The Morgan fingerprint density at radius 1 is 1.38 bits per heavy atom. The molecule has 1 aromatic heterocycles. The van der Waals surface area contributed by atoms with Crippen LogP contribution >= 0.6 is 11.3 Å². The van der Waals surface area contributed by atoms with Gasteiger partial charge in [-0.1, -0.05) is 19.9 Å². The molecule has 1 aliphatic carbocycles. The van der Waals surface area contributed by atoms with Crippen molar-refractivity contribution < 1.29 is 9.90 Å². The van der Waals surface area contributed by atoms with Gasteiger partial charge in [0.1, 0.15) is 0 Å². The number of rotatable bonds is 4. The van der Waals surface area contributed by atoms with Gasteiger partial charge in [-0.2, -0.15) is 5.26 Å². The van der Waals surface area contributed by atoms with Crippen molar-refractivity contribution in [3.05, 3.63) is 45.3 Å². The molecule has 1 N–H and O–H groups in total. The molecule has 26 heavy (non-hydrogen) atoms. The van der Waals surface area contributed by atoms with Crippen molar-refractivity contribution in [3.8, 4) is 16.5 Å². The Balaban J connectivity index is 2.21. The molecule has 0 atom stereocenters. The molecule has 0 saturated carbocycles. The predicted molar refractivity (Wildman–Crippen MR) is 105 cm³/mol. The highest BCUT2D eigenvalue weighted by molar-refractivity contribution is 7.16. The maximum Gasteiger partial charge on any atom is 0.337 e. The molecule has 5 heteroatoms. The molecular formula is C21H24N2O2S. The Kier molecular flexibility index (Phi) is 4.92. The number of aryl methyl sites for hydroxylation is 1. The van der Waals surface area contributed by atoms with E-state index in [0.717, 1.165) is 40.8 Å². The highest BCUT2D eigenvalue weighted by Gasteiger charge is 2.33. The number of hydrogen-bond acceptors (Lipinski definition) is 4. The van der Waals surface area contributed by atoms with Crippen LogP contribution in [0.3, 0.4) is 0 Å². The van der Waals surface area contributed by atoms with Gasteiger partial charge in [0, 0.05) is 16.3 Å². The second-order valence-electron chi connectivity index (χ2n) is 8.08. The summed E-state index contributed by atoms with van der Waals surface area (Å²) in [4.78, 5) is 16.2. The summed E-state index contributed by atoms with van der Waals surface area (Å²) in [5, 5.41) is 19.2. The minimum atomic E-state index is -0.852. The second kappa shape index (κ2) is 6.86. The number of nitriles is 1. The van der Waals surface area contributed by atoms with Crippen molar-refractivity contribution in [3.63, 3.8) is 0 Å². The van der Waals surface area contributed by atoms with Crippen LogP contribution in [0.1, 0.15) is 52.2 Å². The first kappa shape index (κ1) is 18.6. The summed E-state index contributed by atoms with van der Waals surface area (Å²) in [6, 6.07) is 7.75. The quantitative estimate of drug-likeness (QED) is 0.859. The molecule has 1 heterocycles. The number of fused-ring (bicyclic) bond motifs is 1. The molecular weight excluding hydrogens is 344 g/mol. The highest BCUT2D eigenvalue weighted by Crippen LogP contribution is 2.45. The lowest BCUT2D eigenvalue weighted by molar-refractivity contribution is 0.0696. The summed E-state index contributed by atoms with van der Waals surface area (Å²) >= 11 is 1.62. The number of aromatic carboxylic acids is 1. The van der Waals surface area contributed by atoms with Crippen LogP contribution in [-0.4, -0.2) is 30.1 Å². The van der Waals surface area contributed by atoms with Crippen molar-refractivity contribution in [2.24, 2.45) is 5.41 Å². The van der Waals surface area contributed by atoms with E-state index in [1.807, 2.05) is 31.1 Å². The average molecular weight is 369 g/mol. The van der Waals surface area contributed by atoms with Crippen molar-refractivity contribution in [1.29, 1.82) is 5.26 Å². The fourth-order valence-corrected chi connectivity index (χ4v) is 5.06. The largest absolute Gasteiger partial charge is 0.478 e. The van der Waals surface area contributed by atoms with Crippen molar-refractivity contribution in [1.82, 2.24) is 4.90 Å². The second-order valence-corrected chi connectivity index (χ2v) is 9.18. The third kappa shape index (κ3) is 3.53. The molecule has 1 aliphatic rings. The van der Waals surface area contributed by atoms with E-state index >= 15 is 0 Å². The normalized spacial score (nSPS) is 15.5. The summed E-state index contributed by atoms with van der Waals surface area (Å²) in [6.45, 7) is 5.08. The predicted octanol–water partition coefficient (Wildman–Crippen LogP) is 4.56. The maximum atomic E-state index is 12.1. The molecule has 0 saturated heterocycles. The molecule has 0 unspecified atom stereocenters. The Morgan fingerprint density at radius 3 is 2.73 bits per heavy atom. The number of thiophene rings is 1. The fourth-order valence-electron chi connectivity index (χ4n) is 3.69. The molecule has 0 bridgehead atoms. The minimum absolute atomic E-state index is 0.132. The van der Waals surface area contributed by atoms with E-state index in [-0.39, 0.29) is 5.41 Å². The molecule has 136 valence electrons. The first-order valence-corrected chi connectivity index (χ1v) is 9.59. The van der Waals surface area contributed by atoms with Gasteiger partial charge in [0.15, 0.2) is 0 Å². The number of nitrogens with zero attached hydrogens (tertiary/aromatic N) is 2. The van der Waals surface area contributed by atoms with Gasteiger partial charge in [-0.3, -0.25) is 0 Å². The van der Waals surface area contributed by atoms with E-state index in [1.54, 1.807) is 17.4 Å². The van der Waals surface area contributed by atoms with Crippen LogP contribution in [0.5, 0.6) is 0 Å². The van der Waals surface area contributed by atoms with Crippen LogP contribution in [0.4, 0.5) is 0 Å². The lowest BCUT2D eigenvalue weighted by Crippen LogP contribution is -2.22. The molecule has 2 aromatic rings. The van der Waals surface area contributed by atoms with Crippen LogP contribution < -0.4 is 0 Å². The standard InChI is InChI=1S/C21H24N2O2S/c1-21(2)8-7-17-16(10-21)18(20(24)25)19(26-17)15-6-5-13(11-22)9-14(15)12-23(3)4/h5-6,9H,7-8,10,12H2,1-4H3,(H,24,25). The molecule has 0 amide bonds. The van der Waals surface area contributed by atoms with Gasteiger partial charge in [-0.25, -0.2) is 4.79 Å². The zero-order chi connectivity index (χ0) is 19.1. The van der Waals surface area contributed by atoms with Gasteiger partial charge in [-0.15, -0.1) is 11.3 Å². The van der Waals surface area contributed by atoms with Crippen LogP contribution in [-0.2, 0) is 19.4 Å². The maximum absolute atomic E-state index is 12.1. The van der Waals surface area contributed by atoms with Gasteiger partial charge < -0.3 is 10.0 Å². The van der Waals surface area contributed by atoms with Crippen LogP contribution in [0.15, 0.2) is 18.2 Å². The molecule has 0 fully saturated rings. The summed E-state index contributed by atoms with van der Waals surface area (Å²) < 4.78 is 0. The first-order valence-electron chi connectivity index (χ1n) is 8.78. The lowest BCUT2D eigenvalue weighted by atomic mass is 9.76. The third-order valence-corrected chi connectivity index (χ3v) is 6.28. The number of carboxylic acids is 1. The van der Waals surface area contributed by atoms with E-state index in [2.05, 4.69) is 19.9 Å². The lowest BCUT2D eigenvalue weighted by Gasteiger charge is -2.29. The molecule has 0 radical (unpaired) electrons. The Morgan fingerprint density at radius 2 is 2.12 bits per heavy atom. The van der Waals surface area contributed by atoms with Gasteiger partial charge in [0.2, 0.25) is 0 Å². The zero-order valence-electron chi connectivity index (χ0n) is 15.7. The Bertz CT molecular complexity index is 903. The number of hydrogen-bond donors (Lipinski definition) is 1. The third-order valence-electron chi connectivity index (χ3n) is 4.95. The Labute approximate surface area is 158 Å². The average Bonchev–Trinajstić information content (AvgIpc) is 2.91. The minimum Gasteiger partial charge on any atom is -0.478 e. The van der Waals surface area contributed by atoms with Gasteiger partial charge in [-0.05, 0) is 67.6 Å². The molecule has 3 rings (SSSR count). The van der Waals surface area contributed by atoms with E-state index in [4.69, 9.17) is 0 Å². The van der Waals surface area contributed by atoms with E-state index in [9.17, 15) is 15.2 Å². The Hall–Kier alpha value is -2.16. The van der Waals surface area contributed by atoms with Crippen molar-refractivity contribution in [2.45, 2.75) is 39.7 Å². The summed E-state index contributed by atoms with van der Waals surface area (Å²) in [6.07, 6.45) is 2.82. The van der Waals surface area contributed by atoms with Gasteiger partial charge in [0.25, 0.3) is 0 Å². The van der Waals surface area contributed by atoms with Gasteiger partial charge in [0.05, 0.1) is 17.2 Å². The monoisotopic (exact) mass is 368 g/mol. The topological polar surface area (TPSA) is 64.3 Å². The smallest absolute Gasteiger partial charge is 0.337 e. The van der Waals surface area contributed by atoms with Gasteiger partial charge >= 0.3 is 5.97 Å².